The summed E-state index contributed by atoms with van der Waals surface area (Å²) >= 11 is 0. The maximum absolute atomic E-state index is 13.5. The number of halogens is 3. The largest absolute Gasteiger partial charge is 0.444 e. The molecule has 0 bridgehead atoms. The Balaban J connectivity index is 1.76. The highest BCUT2D eigenvalue weighted by atomic mass is 19.4. The van der Waals surface area contributed by atoms with E-state index in [9.17, 15) is 18.0 Å². The van der Waals surface area contributed by atoms with Crippen LogP contribution in [0.15, 0.2) is 48.7 Å². The van der Waals surface area contributed by atoms with Crippen molar-refractivity contribution < 1.29 is 22.7 Å². The second kappa shape index (κ2) is 8.15. The van der Waals surface area contributed by atoms with Gasteiger partial charge < -0.3 is 14.5 Å². The first-order chi connectivity index (χ1) is 15.0. The molecule has 0 radical (unpaired) electrons. The number of aromatic nitrogens is 1. The number of carbonyl (C=O) groups excluding carboxylic acids is 1. The van der Waals surface area contributed by atoms with Gasteiger partial charge in [0.25, 0.3) is 0 Å². The molecule has 0 aliphatic carbocycles. The van der Waals surface area contributed by atoms with Crippen molar-refractivity contribution in [2.75, 3.05) is 18.0 Å². The van der Waals surface area contributed by atoms with Crippen molar-refractivity contribution in [1.29, 1.82) is 0 Å². The minimum atomic E-state index is -4.50. The van der Waals surface area contributed by atoms with Gasteiger partial charge in [-0.2, -0.15) is 13.2 Å². The average Bonchev–Trinajstić information content (AvgIpc) is 2.88. The van der Waals surface area contributed by atoms with Gasteiger partial charge in [0.2, 0.25) is 0 Å². The zero-order valence-electron chi connectivity index (χ0n) is 18.3. The van der Waals surface area contributed by atoms with Crippen molar-refractivity contribution in [2.24, 2.45) is 0 Å². The second-order valence-corrected chi connectivity index (χ2v) is 9.07. The van der Waals surface area contributed by atoms with Crippen LogP contribution in [0.4, 0.5) is 29.3 Å². The Bertz CT molecular complexity index is 1040. The summed E-state index contributed by atoms with van der Waals surface area (Å²) in [6, 6.07) is 8.49. The lowest BCUT2D eigenvalue weighted by Gasteiger charge is -2.38. The fraction of sp³-hybridized carbons (Fsp3) is 0.417. The molecule has 1 atom stereocenters. The molecule has 1 aromatic heterocycles. The molecule has 0 N–H and O–H groups in total. The van der Waals surface area contributed by atoms with E-state index in [4.69, 9.17) is 4.74 Å². The van der Waals surface area contributed by atoms with Gasteiger partial charge in [-0.1, -0.05) is 30.4 Å². The van der Waals surface area contributed by atoms with E-state index in [0.29, 0.717) is 30.8 Å². The van der Waals surface area contributed by atoms with Crippen molar-refractivity contribution in [3.8, 4) is 0 Å². The number of para-hydroxylation sites is 1. The fourth-order valence-corrected chi connectivity index (χ4v) is 4.08. The number of alkyl halides is 3. The maximum Gasteiger partial charge on any atom is 0.417 e. The normalized spacial score (nSPS) is 18.6. The molecule has 8 heteroatoms. The summed E-state index contributed by atoms with van der Waals surface area (Å²) < 4.78 is 46.0. The predicted octanol–water partition coefficient (Wildman–Crippen LogP) is 5.51. The Labute approximate surface area is 185 Å². The first-order valence-electron chi connectivity index (χ1n) is 10.6. The Kier molecular flexibility index (Phi) is 5.65. The Morgan fingerprint density at radius 2 is 1.88 bits per heavy atom. The Morgan fingerprint density at radius 1 is 1.12 bits per heavy atom. The van der Waals surface area contributed by atoms with E-state index in [1.807, 2.05) is 41.3 Å². The number of hydrogen-bond donors (Lipinski definition) is 0. The van der Waals surface area contributed by atoms with Crippen LogP contribution >= 0.6 is 0 Å². The molecule has 2 aliphatic rings. The highest BCUT2D eigenvalue weighted by Crippen LogP contribution is 2.40. The third-order valence-electron chi connectivity index (χ3n) is 5.49. The predicted molar refractivity (Wildman–Crippen MR) is 116 cm³/mol. The van der Waals surface area contributed by atoms with Crippen LogP contribution in [0.25, 0.3) is 0 Å². The SMILES string of the molecule is CC(C)(C)OC(=O)N1CC=CC(N2c3ccccc3CCc3ncc(C(F)(F)F)cc32)C1. The van der Waals surface area contributed by atoms with E-state index in [1.54, 1.807) is 25.7 Å². The lowest BCUT2D eigenvalue weighted by molar-refractivity contribution is -0.137. The van der Waals surface area contributed by atoms with Crippen LogP contribution in [-0.2, 0) is 23.8 Å². The zero-order chi connectivity index (χ0) is 23.1. The van der Waals surface area contributed by atoms with Crippen LogP contribution in [0.5, 0.6) is 0 Å². The molecule has 2 aromatic rings. The number of ether oxygens (including phenoxy) is 1. The van der Waals surface area contributed by atoms with Gasteiger partial charge in [-0.3, -0.25) is 4.98 Å². The highest BCUT2D eigenvalue weighted by molar-refractivity contribution is 5.73. The van der Waals surface area contributed by atoms with Gasteiger partial charge >= 0.3 is 12.3 Å². The van der Waals surface area contributed by atoms with Crippen molar-refractivity contribution in [2.45, 2.75) is 51.4 Å². The smallest absolute Gasteiger partial charge is 0.417 e. The van der Waals surface area contributed by atoms with Crippen LogP contribution in [0.1, 0.15) is 37.6 Å². The minimum absolute atomic E-state index is 0.287. The van der Waals surface area contributed by atoms with Crippen LogP contribution in [-0.4, -0.2) is 40.7 Å². The number of fused-ring (bicyclic) bond motifs is 2. The number of rotatable bonds is 1. The molecule has 1 amide bonds. The molecular weight excluding hydrogens is 419 g/mol. The van der Waals surface area contributed by atoms with E-state index < -0.39 is 23.4 Å². The van der Waals surface area contributed by atoms with Crippen LogP contribution in [0.2, 0.25) is 0 Å². The summed E-state index contributed by atoms with van der Waals surface area (Å²) in [5.41, 5.74) is 1.46. The Hall–Kier alpha value is -3.03. The van der Waals surface area contributed by atoms with Crippen molar-refractivity contribution in [1.82, 2.24) is 9.88 Å². The number of hydrogen-bond acceptors (Lipinski definition) is 4. The molecule has 0 spiro atoms. The number of anilines is 2. The van der Waals surface area contributed by atoms with Gasteiger partial charge in [-0.05, 0) is 51.3 Å². The molecule has 1 aromatic carbocycles. The molecule has 0 fully saturated rings. The summed E-state index contributed by atoms with van der Waals surface area (Å²) in [5.74, 6) is 0. The minimum Gasteiger partial charge on any atom is -0.444 e. The van der Waals surface area contributed by atoms with E-state index in [2.05, 4.69) is 4.98 Å². The van der Waals surface area contributed by atoms with E-state index in [0.717, 1.165) is 17.4 Å². The number of benzene rings is 1. The quantitative estimate of drug-likeness (QED) is 0.543. The Morgan fingerprint density at radius 3 is 2.59 bits per heavy atom. The average molecular weight is 445 g/mol. The first kappa shape index (κ1) is 22.2. The summed E-state index contributed by atoms with van der Waals surface area (Å²) in [7, 11) is 0. The summed E-state index contributed by atoms with van der Waals surface area (Å²) in [4.78, 5) is 20.3. The number of amides is 1. The van der Waals surface area contributed by atoms with Gasteiger partial charge in [-0.15, -0.1) is 0 Å². The van der Waals surface area contributed by atoms with Gasteiger partial charge in [0.05, 0.1) is 23.0 Å². The first-order valence-corrected chi connectivity index (χ1v) is 10.6. The zero-order valence-corrected chi connectivity index (χ0v) is 18.3. The lowest BCUT2D eigenvalue weighted by Crippen LogP contribution is -2.47. The monoisotopic (exact) mass is 445 g/mol. The topological polar surface area (TPSA) is 45.7 Å². The van der Waals surface area contributed by atoms with E-state index in [1.165, 1.54) is 6.07 Å². The molecule has 3 heterocycles. The van der Waals surface area contributed by atoms with Crippen molar-refractivity contribution >= 4 is 17.5 Å². The van der Waals surface area contributed by atoms with Gasteiger partial charge in [0, 0.05) is 25.0 Å². The van der Waals surface area contributed by atoms with Crippen LogP contribution in [0.3, 0.4) is 0 Å². The molecule has 0 saturated carbocycles. The number of aryl methyl sites for hydroxylation is 2. The van der Waals surface area contributed by atoms with Crippen molar-refractivity contribution in [3.05, 3.63) is 65.5 Å². The molecule has 1 unspecified atom stereocenters. The highest BCUT2D eigenvalue weighted by Gasteiger charge is 2.36. The summed E-state index contributed by atoms with van der Waals surface area (Å²) in [6.07, 6.45) is 0.954. The molecule has 2 aliphatic heterocycles. The lowest BCUT2D eigenvalue weighted by atomic mass is 10.1. The third kappa shape index (κ3) is 4.59. The standard InChI is InChI=1S/C24H26F3N3O2/c1-23(2,3)32-22(31)29-12-6-8-18(15-29)30-20-9-5-4-7-16(20)10-11-19-21(30)13-17(14-28-19)24(25,26)27/h4-9,13-14,18H,10-12,15H2,1-3H3. The molecule has 4 rings (SSSR count). The van der Waals surface area contributed by atoms with Crippen LogP contribution < -0.4 is 4.90 Å². The molecule has 32 heavy (non-hydrogen) atoms. The molecule has 170 valence electrons. The molecule has 0 saturated heterocycles. The van der Waals surface area contributed by atoms with Gasteiger partial charge in [0.15, 0.2) is 0 Å². The fourth-order valence-electron chi connectivity index (χ4n) is 4.08. The van der Waals surface area contributed by atoms with E-state index >= 15 is 0 Å². The van der Waals surface area contributed by atoms with E-state index in [-0.39, 0.29) is 12.6 Å². The number of carbonyl (C=O) groups is 1. The van der Waals surface area contributed by atoms with Gasteiger partial charge in [-0.25, -0.2) is 4.79 Å². The second-order valence-electron chi connectivity index (χ2n) is 9.07. The van der Waals surface area contributed by atoms with Crippen molar-refractivity contribution in [3.63, 3.8) is 0 Å². The maximum atomic E-state index is 13.5. The number of pyridine rings is 1. The molecular formula is C24H26F3N3O2. The number of nitrogens with zero attached hydrogens (tertiary/aromatic N) is 3. The van der Waals surface area contributed by atoms with Crippen LogP contribution in [0, 0.1) is 0 Å². The third-order valence-corrected chi connectivity index (χ3v) is 5.49. The molecule has 5 nitrogen and oxygen atoms in total. The summed E-state index contributed by atoms with van der Waals surface area (Å²) in [6.45, 7) is 6.07. The van der Waals surface area contributed by atoms with Gasteiger partial charge in [0.1, 0.15) is 5.60 Å². The summed E-state index contributed by atoms with van der Waals surface area (Å²) in [5, 5.41) is 0.